The summed E-state index contributed by atoms with van der Waals surface area (Å²) in [5.41, 5.74) is 1.37. The maximum atomic E-state index is 13.9. The number of hydrogen-bond acceptors (Lipinski definition) is 4. The van der Waals surface area contributed by atoms with Crippen LogP contribution in [0.3, 0.4) is 0 Å². The zero-order valence-corrected chi connectivity index (χ0v) is 23.2. The van der Waals surface area contributed by atoms with E-state index in [-0.39, 0.29) is 18.9 Å². The quantitative estimate of drug-likeness (QED) is 0.404. The second-order valence-corrected chi connectivity index (χ2v) is 12.0. The topological polar surface area (TPSA) is 73.6 Å². The predicted octanol–water partition coefficient (Wildman–Crippen LogP) is 6.26. The molecule has 1 saturated heterocycles. The first-order chi connectivity index (χ1) is 18.8. The van der Waals surface area contributed by atoms with Crippen LogP contribution in [-0.2, 0) is 22.4 Å². The van der Waals surface area contributed by atoms with Crippen molar-refractivity contribution < 1.29 is 27.5 Å². The summed E-state index contributed by atoms with van der Waals surface area (Å²) in [6.45, 7) is 5.95. The van der Waals surface area contributed by atoms with E-state index in [1.165, 1.54) is 0 Å². The first-order valence-corrected chi connectivity index (χ1v) is 13.7. The van der Waals surface area contributed by atoms with Gasteiger partial charge in [-0.25, -0.2) is 4.79 Å². The largest absolute Gasteiger partial charge is 0.471 e. The summed E-state index contributed by atoms with van der Waals surface area (Å²) in [6, 6.07) is 18.4. The van der Waals surface area contributed by atoms with Gasteiger partial charge in [0.1, 0.15) is 5.60 Å². The Kier molecular flexibility index (Phi) is 8.48. The zero-order chi connectivity index (χ0) is 29.1. The third kappa shape index (κ3) is 7.35. The van der Waals surface area contributed by atoms with Gasteiger partial charge in [0, 0.05) is 31.6 Å². The lowest BCUT2D eigenvalue weighted by molar-refractivity contribution is -0.188. The molecule has 1 aliphatic carbocycles. The summed E-state index contributed by atoms with van der Waals surface area (Å²) in [4.78, 5) is 28.2. The van der Waals surface area contributed by atoms with E-state index in [1.54, 1.807) is 25.7 Å². The molecule has 2 fully saturated rings. The summed E-state index contributed by atoms with van der Waals surface area (Å²) in [7, 11) is 0. The van der Waals surface area contributed by atoms with E-state index in [1.807, 2.05) is 54.6 Å². The average Bonchev–Trinajstić information content (AvgIpc) is 3.69. The van der Waals surface area contributed by atoms with Crippen LogP contribution >= 0.6 is 0 Å². The van der Waals surface area contributed by atoms with Crippen molar-refractivity contribution in [1.82, 2.24) is 9.80 Å². The van der Waals surface area contributed by atoms with Crippen LogP contribution in [0, 0.1) is 16.7 Å². The Balaban J connectivity index is 1.60. The highest BCUT2D eigenvalue weighted by atomic mass is 19.4. The highest BCUT2D eigenvalue weighted by Crippen LogP contribution is 2.48. The van der Waals surface area contributed by atoms with Crippen LogP contribution in [0.5, 0.6) is 0 Å². The smallest absolute Gasteiger partial charge is 0.444 e. The van der Waals surface area contributed by atoms with E-state index in [2.05, 4.69) is 6.07 Å². The van der Waals surface area contributed by atoms with Gasteiger partial charge in [0.25, 0.3) is 0 Å². The molecule has 0 spiro atoms. The van der Waals surface area contributed by atoms with E-state index in [0.717, 1.165) is 21.6 Å². The molecule has 0 radical (unpaired) electrons. The third-order valence-corrected chi connectivity index (χ3v) is 7.76. The fourth-order valence-electron chi connectivity index (χ4n) is 5.63. The second-order valence-electron chi connectivity index (χ2n) is 12.0. The number of rotatable bonds is 7. The molecule has 40 heavy (non-hydrogen) atoms. The molecule has 0 aromatic heterocycles. The highest BCUT2D eigenvalue weighted by molar-refractivity contribution is 5.82. The molecular formula is C31H36F3N3O3. The van der Waals surface area contributed by atoms with Crippen LogP contribution in [-0.4, -0.2) is 59.3 Å². The van der Waals surface area contributed by atoms with E-state index in [9.17, 15) is 22.8 Å². The number of piperidine rings is 1. The predicted molar refractivity (Wildman–Crippen MR) is 144 cm³/mol. The second kappa shape index (κ2) is 11.5. The Morgan fingerprint density at radius 1 is 1.02 bits per heavy atom. The molecule has 214 valence electrons. The number of nitriles is 1. The lowest BCUT2D eigenvalue weighted by Crippen LogP contribution is -2.53. The number of carbonyl (C=O) groups excluding carboxylic acids is 2. The van der Waals surface area contributed by atoms with Gasteiger partial charge in [0.05, 0.1) is 12.5 Å². The van der Waals surface area contributed by atoms with Gasteiger partial charge in [-0.1, -0.05) is 54.6 Å². The fourth-order valence-corrected chi connectivity index (χ4v) is 5.63. The van der Waals surface area contributed by atoms with Crippen LogP contribution < -0.4 is 0 Å². The van der Waals surface area contributed by atoms with Gasteiger partial charge < -0.3 is 14.5 Å². The summed E-state index contributed by atoms with van der Waals surface area (Å²) in [5, 5.41) is 8.99. The van der Waals surface area contributed by atoms with Gasteiger partial charge in [-0.3, -0.25) is 4.79 Å². The van der Waals surface area contributed by atoms with Crippen LogP contribution in [0.1, 0.15) is 62.6 Å². The lowest BCUT2D eigenvalue weighted by atomic mass is 9.73. The molecular weight excluding hydrogens is 519 g/mol. The van der Waals surface area contributed by atoms with Gasteiger partial charge in [-0.2, -0.15) is 18.4 Å². The van der Waals surface area contributed by atoms with Crippen molar-refractivity contribution in [2.75, 3.05) is 19.6 Å². The van der Waals surface area contributed by atoms with Crippen molar-refractivity contribution in [1.29, 1.82) is 5.26 Å². The Morgan fingerprint density at radius 3 is 2.17 bits per heavy atom. The Morgan fingerprint density at radius 2 is 1.62 bits per heavy atom. The molecule has 0 bridgehead atoms. The maximum Gasteiger partial charge on any atom is 0.471 e. The van der Waals surface area contributed by atoms with Crippen molar-refractivity contribution in [2.45, 2.75) is 76.6 Å². The first-order valence-electron chi connectivity index (χ1n) is 13.7. The normalized spacial score (nSPS) is 20.4. The molecule has 2 aliphatic rings. The molecule has 2 atom stereocenters. The van der Waals surface area contributed by atoms with Crippen molar-refractivity contribution in [3.05, 3.63) is 71.3 Å². The van der Waals surface area contributed by atoms with Gasteiger partial charge >= 0.3 is 18.2 Å². The van der Waals surface area contributed by atoms with Crippen LogP contribution in [0.15, 0.2) is 54.6 Å². The molecule has 2 aromatic rings. The minimum atomic E-state index is -4.98. The SMILES string of the molecule is CC(C)(C)OC(=O)N1CCC(Cc2ccc(CC#N)cc2)(CN(C(=O)C(F)(F)F)C2CC2c2ccccc2)CC1. The Hall–Kier alpha value is -3.54. The number of carbonyl (C=O) groups is 2. The molecule has 6 nitrogen and oxygen atoms in total. The molecule has 1 saturated carbocycles. The molecule has 2 unspecified atom stereocenters. The maximum absolute atomic E-state index is 13.9. The number of ether oxygens (including phenoxy) is 1. The van der Waals surface area contributed by atoms with Gasteiger partial charge in [0.2, 0.25) is 0 Å². The van der Waals surface area contributed by atoms with Gasteiger partial charge in [0.15, 0.2) is 0 Å². The molecule has 1 heterocycles. The fraction of sp³-hybridized carbons (Fsp3) is 0.516. The summed E-state index contributed by atoms with van der Waals surface area (Å²) >= 11 is 0. The minimum absolute atomic E-state index is 0.0541. The lowest BCUT2D eigenvalue weighted by Gasteiger charge is -2.45. The van der Waals surface area contributed by atoms with Crippen molar-refractivity contribution >= 4 is 12.0 Å². The number of hydrogen-bond donors (Lipinski definition) is 0. The standard InChI is InChI=1S/C31H36F3N3O3/c1-29(2,3)40-28(39)36-17-14-30(15-18-36,20-23-11-9-22(10-12-23)13-16-35)21-37(27(38)31(32,33)34)26-19-25(26)24-7-5-4-6-8-24/h4-12,25-26H,13-15,17-21H2,1-3H3. The van der Waals surface area contributed by atoms with E-state index >= 15 is 0 Å². The van der Waals surface area contributed by atoms with E-state index < -0.39 is 35.2 Å². The van der Waals surface area contributed by atoms with E-state index in [4.69, 9.17) is 10.00 Å². The first kappa shape index (κ1) is 29.4. The minimum Gasteiger partial charge on any atom is -0.444 e. The molecule has 2 aromatic carbocycles. The van der Waals surface area contributed by atoms with E-state index in [0.29, 0.717) is 38.8 Å². The zero-order valence-electron chi connectivity index (χ0n) is 23.2. The average molecular weight is 556 g/mol. The number of nitrogens with zero attached hydrogens (tertiary/aromatic N) is 3. The summed E-state index contributed by atoms with van der Waals surface area (Å²) in [6.07, 6.45) is -3.38. The van der Waals surface area contributed by atoms with Gasteiger partial charge in [-0.15, -0.1) is 0 Å². The van der Waals surface area contributed by atoms with Gasteiger partial charge in [-0.05, 0) is 68.6 Å². The third-order valence-electron chi connectivity index (χ3n) is 7.76. The number of likely N-dealkylation sites (tertiary alicyclic amines) is 1. The summed E-state index contributed by atoms with van der Waals surface area (Å²) in [5.74, 6) is -1.95. The van der Waals surface area contributed by atoms with Crippen molar-refractivity contribution in [2.24, 2.45) is 5.41 Å². The molecule has 0 N–H and O–H groups in total. The van der Waals surface area contributed by atoms with Crippen molar-refractivity contribution in [3.63, 3.8) is 0 Å². The van der Waals surface area contributed by atoms with Crippen LogP contribution in [0.4, 0.5) is 18.0 Å². The molecule has 9 heteroatoms. The molecule has 4 rings (SSSR count). The monoisotopic (exact) mass is 555 g/mol. The highest BCUT2D eigenvalue weighted by Gasteiger charge is 2.54. The Bertz CT molecular complexity index is 1220. The number of amides is 2. The number of alkyl halides is 3. The summed E-state index contributed by atoms with van der Waals surface area (Å²) < 4.78 is 47.2. The molecule has 2 amide bonds. The van der Waals surface area contributed by atoms with Crippen molar-refractivity contribution in [3.8, 4) is 6.07 Å². The number of benzene rings is 2. The molecule has 1 aliphatic heterocycles. The number of halogens is 3. The van der Waals surface area contributed by atoms with Crippen LogP contribution in [0.25, 0.3) is 0 Å². The van der Waals surface area contributed by atoms with Crippen LogP contribution in [0.2, 0.25) is 0 Å². The Labute approximate surface area is 233 Å².